The molecule has 1 aliphatic heterocycles. The van der Waals surface area contributed by atoms with Crippen molar-refractivity contribution >= 4 is 17.6 Å². The number of aliphatic carboxylic acids is 1. The molecular weight excluding hydrogens is 329 g/mol. The average molecular weight is 348 g/mol. The van der Waals surface area contributed by atoms with Crippen molar-refractivity contribution in [1.82, 2.24) is 4.90 Å². The molecule has 1 fully saturated rings. The highest BCUT2D eigenvalue weighted by Gasteiger charge is 2.35. The summed E-state index contributed by atoms with van der Waals surface area (Å²) in [4.78, 5) is 13.7. The molecule has 5 heteroatoms. The number of benzene rings is 2. The second kappa shape index (κ2) is 7.32. The molecule has 3 rings (SSSR count). The zero-order valence-corrected chi connectivity index (χ0v) is 13.9. The third kappa shape index (κ3) is 3.60. The molecule has 3 nitrogen and oxygen atoms in total. The predicted octanol–water partition coefficient (Wildman–Crippen LogP) is 4.51. The van der Waals surface area contributed by atoms with Crippen LogP contribution in [0.3, 0.4) is 0 Å². The molecule has 0 aromatic heterocycles. The second-order valence-corrected chi connectivity index (χ2v) is 6.53. The first-order chi connectivity index (χ1) is 11.6. The smallest absolute Gasteiger partial charge is 0.320 e. The lowest BCUT2D eigenvalue weighted by atomic mass is 9.91. The number of hydrogen-bond acceptors (Lipinski definition) is 2. The molecule has 0 saturated carbocycles. The van der Waals surface area contributed by atoms with E-state index < -0.39 is 12.0 Å². The van der Waals surface area contributed by atoms with Crippen LogP contribution < -0.4 is 0 Å². The molecule has 1 saturated heterocycles. The van der Waals surface area contributed by atoms with E-state index in [-0.39, 0.29) is 11.9 Å². The molecule has 2 atom stereocenters. The number of halogens is 2. The summed E-state index contributed by atoms with van der Waals surface area (Å²) in [6.07, 6.45) is 2.43. The molecule has 0 spiro atoms. The van der Waals surface area contributed by atoms with Gasteiger partial charge in [-0.3, -0.25) is 9.69 Å². The highest BCUT2D eigenvalue weighted by molar-refractivity contribution is 6.30. The van der Waals surface area contributed by atoms with Crippen LogP contribution in [0.5, 0.6) is 0 Å². The van der Waals surface area contributed by atoms with Gasteiger partial charge in [0.25, 0.3) is 0 Å². The summed E-state index contributed by atoms with van der Waals surface area (Å²) in [7, 11) is 0. The minimum atomic E-state index is -0.829. The minimum absolute atomic E-state index is 0.306. The summed E-state index contributed by atoms with van der Waals surface area (Å²) in [6.45, 7) is 0.667. The highest BCUT2D eigenvalue weighted by atomic mass is 35.5. The van der Waals surface area contributed by atoms with Gasteiger partial charge in [-0.2, -0.15) is 0 Å². The van der Waals surface area contributed by atoms with E-state index in [4.69, 9.17) is 11.6 Å². The molecule has 2 aromatic carbocycles. The van der Waals surface area contributed by atoms with Gasteiger partial charge in [-0.15, -0.1) is 0 Å². The Morgan fingerprint density at radius 1 is 1.17 bits per heavy atom. The van der Waals surface area contributed by atoms with Crippen molar-refractivity contribution in [2.75, 3.05) is 6.54 Å². The number of likely N-dealkylation sites (tertiary alicyclic amines) is 1. The summed E-state index contributed by atoms with van der Waals surface area (Å²) < 4.78 is 13.8. The number of rotatable bonds is 4. The van der Waals surface area contributed by atoms with E-state index in [1.54, 1.807) is 18.2 Å². The van der Waals surface area contributed by atoms with Gasteiger partial charge in [0.05, 0.1) is 6.04 Å². The lowest BCUT2D eigenvalue weighted by molar-refractivity contribution is -0.145. The lowest BCUT2D eigenvalue weighted by Gasteiger charge is -2.39. The summed E-state index contributed by atoms with van der Waals surface area (Å²) in [5.74, 6) is -1.15. The fourth-order valence-corrected chi connectivity index (χ4v) is 3.55. The van der Waals surface area contributed by atoms with Crippen LogP contribution in [0, 0.1) is 5.82 Å². The molecule has 1 heterocycles. The SMILES string of the molecule is O=C(O)C1CCCCN1C(c1ccc(Cl)cc1)c1cccc(F)c1. The topological polar surface area (TPSA) is 40.5 Å². The number of carbonyl (C=O) groups is 1. The van der Waals surface area contributed by atoms with Gasteiger partial charge in [-0.1, -0.05) is 42.3 Å². The molecule has 2 unspecified atom stereocenters. The van der Waals surface area contributed by atoms with Crippen LogP contribution in [-0.2, 0) is 4.79 Å². The first-order valence-electron chi connectivity index (χ1n) is 8.06. The Kier molecular flexibility index (Phi) is 5.17. The van der Waals surface area contributed by atoms with Gasteiger partial charge in [0.2, 0.25) is 0 Å². The minimum Gasteiger partial charge on any atom is -0.480 e. The maximum atomic E-state index is 13.8. The van der Waals surface area contributed by atoms with Crippen molar-refractivity contribution in [2.24, 2.45) is 0 Å². The van der Waals surface area contributed by atoms with E-state index in [0.717, 1.165) is 24.0 Å². The van der Waals surface area contributed by atoms with Gasteiger partial charge < -0.3 is 5.11 Å². The summed E-state index contributed by atoms with van der Waals surface area (Å²) in [6, 6.07) is 12.8. The van der Waals surface area contributed by atoms with Crippen molar-refractivity contribution in [1.29, 1.82) is 0 Å². The van der Waals surface area contributed by atoms with Crippen molar-refractivity contribution in [2.45, 2.75) is 31.3 Å². The molecule has 1 aliphatic rings. The van der Waals surface area contributed by atoms with Crippen LogP contribution in [0.15, 0.2) is 48.5 Å². The van der Waals surface area contributed by atoms with E-state index in [9.17, 15) is 14.3 Å². The summed E-state index contributed by atoms with van der Waals surface area (Å²) in [5, 5.41) is 10.2. The Morgan fingerprint density at radius 3 is 2.58 bits per heavy atom. The number of carboxylic acids is 1. The maximum absolute atomic E-state index is 13.8. The molecule has 0 radical (unpaired) electrons. The Morgan fingerprint density at radius 2 is 1.92 bits per heavy atom. The molecule has 126 valence electrons. The fraction of sp³-hybridized carbons (Fsp3) is 0.316. The maximum Gasteiger partial charge on any atom is 0.320 e. The van der Waals surface area contributed by atoms with Gasteiger partial charge in [0.15, 0.2) is 0 Å². The zero-order valence-electron chi connectivity index (χ0n) is 13.2. The largest absolute Gasteiger partial charge is 0.480 e. The monoisotopic (exact) mass is 347 g/mol. The Bertz CT molecular complexity index is 720. The molecule has 0 aliphatic carbocycles. The van der Waals surface area contributed by atoms with Crippen LogP contribution in [-0.4, -0.2) is 28.6 Å². The zero-order chi connectivity index (χ0) is 17.1. The summed E-state index contributed by atoms with van der Waals surface area (Å²) in [5.41, 5.74) is 1.67. The van der Waals surface area contributed by atoms with Gasteiger partial charge in [-0.25, -0.2) is 4.39 Å². The van der Waals surface area contributed by atoms with Crippen molar-refractivity contribution < 1.29 is 14.3 Å². The standard InChI is InChI=1S/C19H19ClFNO2/c20-15-9-7-13(8-10-15)18(14-4-3-5-16(21)12-14)22-11-2-1-6-17(22)19(23)24/h3-5,7-10,12,17-18H,1-2,6,11H2,(H,23,24). The van der Waals surface area contributed by atoms with Gasteiger partial charge in [-0.05, 0) is 54.8 Å². The van der Waals surface area contributed by atoms with E-state index in [1.807, 2.05) is 23.1 Å². The number of nitrogens with zero attached hydrogens (tertiary/aromatic N) is 1. The van der Waals surface area contributed by atoms with E-state index in [0.29, 0.717) is 18.0 Å². The average Bonchev–Trinajstić information content (AvgIpc) is 2.57. The normalized spacial score (nSPS) is 19.8. The number of piperidine rings is 1. The van der Waals surface area contributed by atoms with Gasteiger partial charge in [0.1, 0.15) is 11.9 Å². The van der Waals surface area contributed by atoms with Crippen LogP contribution in [0.1, 0.15) is 36.4 Å². The number of hydrogen-bond donors (Lipinski definition) is 1. The molecule has 0 bridgehead atoms. The molecule has 1 N–H and O–H groups in total. The highest BCUT2D eigenvalue weighted by Crippen LogP contribution is 2.34. The molecule has 2 aromatic rings. The first kappa shape index (κ1) is 16.9. The van der Waals surface area contributed by atoms with Crippen molar-refractivity contribution in [3.8, 4) is 0 Å². The van der Waals surface area contributed by atoms with Crippen molar-refractivity contribution in [3.63, 3.8) is 0 Å². The molecule has 0 amide bonds. The van der Waals surface area contributed by atoms with Gasteiger partial charge >= 0.3 is 5.97 Å². The fourth-order valence-electron chi connectivity index (χ4n) is 3.43. The lowest BCUT2D eigenvalue weighted by Crippen LogP contribution is -2.46. The van der Waals surface area contributed by atoms with E-state index in [1.165, 1.54) is 12.1 Å². The third-order valence-corrected chi connectivity index (χ3v) is 4.76. The van der Waals surface area contributed by atoms with E-state index in [2.05, 4.69) is 0 Å². The Hall–Kier alpha value is -1.91. The Balaban J connectivity index is 2.07. The Labute approximate surface area is 145 Å². The van der Waals surface area contributed by atoms with Crippen LogP contribution in [0.25, 0.3) is 0 Å². The molecule has 24 heavy (non-hydrogen) atoms. The first-order valence-corrected chi connectivity index (χ1v) is 8.43. The number of carboxylic acid groups (broad SMARTS) is 1. The second-order valence-electron chi connectivity index (χ2n) is 6.10. The predicted molar refractivity (Wildman–Crippen MR) is 91.7 cm³/mol. The van der Waals surface area contributed by atoms with Gasteiger partial charge in [0, 0.05) is 5.02 Å². The van der Waals surface area contributed by atoms with E-state index >= 15 is 0 Å². The quantitative estimate of drug-likeness (QED) is 0.884. The summed E-state index contributed by atoms with van der Waals surface area (Å²) >= 11 is 5.98. The molecular formula is C19H19ClFNO2. The van der Waals surface area contributed by atoms with Crippen molar-refractivity contribution in [3.05, 3.63) is 70.5 Å². The van der Waals surface area contributed by atoms with Crippen LogP contribution in [0.2, 0.25) is 5.02 Å². The van der Waals surface area contributed by atoms with Crippen LogP contribution in [0.4, 0.5) is 4.39 Å². The van der Waals surface area contributed by atoms with Crippen LogP contribution >= 0.6 is 11.6 Å². The third-order valence-electron chi connectivity index (χ3n) is 4.51.